The van der Waals surface area contributed by atoms with Crippen LogP contribution in [0.1, 0.15) is 18.3 Å². The number of hydrogen-bond acceptors (Lipinski definition) is 7. The van der Waals surface area contributed by atoms with Crippen molar-refractivity contribution >= 4 is 28.1 Å². The van der Waals surface area contributed by atoms with Crippen molar-refractivity contribution in [2.45, 2.75) is 26.8 Å². The summed E-state index contributed by atoms with van der Waals surface area (Å²) in [6, 6.07) is 17.5. The highest BCUT2D eigenvalue weighted by Gasteiger charge is 2.20. The Labute approximate surface area is 237 Å². The molecule has 0 radical (unpaired) electrons. The molecule has 0 spiro atoms. The largest absolute Gasteiger partial charge is 0.480 e. The van der Waals surface area contributed by atoms with E-state index in [1.807, 2.05) is 68.7 Å². The van der Waals surface area contributed by atoms with Gasteiger partial charge in [0.25, 0.3) is 0 Å². The summed E-state index contributed by atoms with van der Waals surface area (Å²) in [5.41, 5.74) is 6.28. The van der Waals surface area contributed by atoms with Crippen molar-refractivity contribution in [2.24, 2.45) is 0 Å². The number of imidazole rings is 1. The zero-order valence-electron chi connectivity index (χ0n) is 23.5. The standard InChI is InChI=1S/C31H30N8O2/c1-18-7-6-8-28-34-17-26(38(18)28)23-14-27(37-30(40)20(3)32-4)36-29(15-23)39-31(41-5)25(16-35-39)21-9-10-24-19(2)33-12-11-22(24)13-21/h6-17,20,32H,1-5H3,(H,36,37,40)/t20-/m0/s1. The van der Waals surface area contributed by atoms with E-state index in [1.54, 1.807) is 32.0 Å². The van der Waals surface area contributed by atoms with Gasteiger partial charge < -0.3 is 15.4 Å². The molecule has 0 fully saturated rings. The van der Waals surface area contributed by atoms with Crippen LogP contribution in [0.15, 0.2) is 73.2 Å². The number of ether oxygens (including phenoxy) is 1. The number of nitrogens with zero attached hydrogens (tertiary/aromatic N) is 6. The van der Waals surface area contributed by atoms with Crippen LogP contribution in [-0.4, -0.2) is 55.2 Å². The molecular weight excluding hydrogens is 516 g/mol. The molecular formula is C31H30N8O2. The van der Waals surface area contributed by atoms with Crippen molar-refractivity contribution in [3.05, 3.63) is 84.6 Å². The van der Waals surface area contributed by atoms with Crippen molar-refractivity contribution < 1.29 is 9.53 Å². The van der Waals surface area contributed by atoms with Gasteiger partial charge in [0.2, 0.25) is 11.8 Å². The second kappa shape index (κ2) is 10.5. The molecule has 1 atom stereocenters. The molecule has 0 saturated carbocycles. The Hall–Kier alpha value is -5.09. The highest BCUT2D eigenvalue weighted by Crippen LogP contribution is 2.35. The Kier molecular flexibility index (Phi) is 6.68. The summed E-state index contributed by atoms with van der Waals surface area (Å²) in [5, 5.41) is 12.8. The van der Waals surface area contributed by atoms with Gasteiger partial charge in [-0.1, -0.05) is 18.2 Å². The lowest BCUT2D eigenvalue weighted by Crippen LogP contribution is -2.35. The molecule has 1 amide bonds. The van der Waals surface area contributed by atoms with Crippen LogP contribution in [0.2, 0.25) is 0 Å². The maximum Gasteiger partial charge on any atom is 0.242 e. The predicted molar refractivity (Wildman–Crippen MR) is 159 cm³/mol. The molecule has 5 heterocycles. The van der Waals surface area contributed by atoms with Gasteiger partial charge in [-0.25, -0.2) is 9.97 Å². The maximum atomic E-state index is 12.8. The first kappa shape index (κ1) is 26.1. The van der Waals surface area contributed by atoms with E-state index in [-0.39, 0.29) is 5.91 Å². The first-order valence-corrected chi connectivity index (χ1v) is 13.3. The van der Waals surface area contributed by atoms with E-state index >= 15 is 0 Å². The van der Waals surface area contributed by atoms with Crippen LogP contribution < -0.4 is 15.4 Å². The van der Waals surface area contributed by atoms with E-state index in [0.29, 0.717) is 17.5 Å². The van der Waals surface area contributed by atoms with Gasteiger partial charge in [0.15, 0.2) is 5.82 Å². The van der Waals surface area contributed by atoms with Crippen LogP contribution in [0.3, 0.4) is 0 Å². The van der Waals surface area contributed by atoms with Gasteiger partial charge in [0.1, 0.15) is 11.5 Å². The zero-order valence-corrected chi connectivity index (χ0v) is 23.5. The van der Waals surface area contributed by atoms with Gasteiger partial charge in [-0.3, -0.25) is 14.2 Å². The summed E-state index contributed by atoms with van der Waals surface area (Å²) in [4.78, 5) is 26.6. The third-order valence-electron chi connectivity index (χ3n) is 7.32. The molecule has 0 saturated heterocycles. The Morgan fingerprint density at radius 3 is 2.66 bits per heavy atom. The third-order valence-corrected chi connectivity index (χ3v) is 7.32. The van der Waals surface area contributed by atoms with Crippen molar-refractivity contribution in [3.63, 3.8) is 0 Å². The monoisotopic (exact) mass is 546 g/mol. The summed E-state index contributed by atoms with van der Waals surface area (Å²) >= 11 is 0. The molecule has 41 heavy (non-hydrogen) atoms. The number of pyridine rings is 3. The number of rotatable bonds is 7. The summed E-state index contributed by atoms with van der Waals surface area (Å²) in [5.74, 6) is 1.20. The molecule has 6 rings (SSSR count). The zero-order chi connectivity index (χ0) is 28.7. The second-order valence-corrected chi connectivity index (χ2v) is 9.91. The lowest BCUT2D eigenvalue weighted by Gasteiger charge is -2.14. The number of likely N-dealkylation sites (N-methyl/N-ethyl adjacent to an activating group) is 1. The van der Waals surface area contributed by atoms with E-state index < -0.39 is 6.04 Å². The van der Waals surface area contributed by atoms with Gasteiger partial charge in [-0.05, 0) is 75.2 Å². The molecule has 0 aliphatic rings. The Morgan fingerprint density at radius 2 is 1.85 bits per heavy atom. The Bertz CT molecular complexity index is 1920. The minimum absolute atomic E-state index is 0.202. The number of aryl methyl sites for hydroxylation is 2. The number of amides is 1. The van der Waals surface area contributed by atoms with E-state index in [4.69, 9.17) is 9.72 Å². The quantitative estimate of drug-likeness (QED) is 0.291. The molecule has 1 aromatic carbocycles. The normalized spacial score (nSPS) is 12.1. The SMILES string of the molecule is CN[C@@H](C)C(=O)Nc1cc(-c2cnc3cccc(C)n23)cc(-n2ncc(-c3ccc4c(C)nccc4c3)c2OC)n1. The van der Waals surface area contributed by atoms with Crippen LogP contribution in [0.5, 0.6) is 5.88 Å². The first-order chi connectivity index (χ1) is 19.9. The smallest absolute Gasteiger partial charge is 0.242 e. The van der Waals surface area contributed by atoms with Gasteiger partial charge in [0, 0.05) is 28.5 Å². The average molecular weight is 547 g/mol. The van der Waals surface area contributed by atoms with E-state index in [0.717, 1.165) is 50.2 Å². The second-order valence-electron chi connectivity index (χ2n) is 9.91. The van der Waals surface area contributed by atoms with Crippen molar-refractivity contribution in [3.8, 4) is 34.1 Å². The highest BCUT2D eigenvalue weighted by atomic mass is 16.5. The minimum atomic E-state index is -0.403. The van der Waals surface area contributed by atoms with Crippen molar-refractivity contribution in [1.82, 2.24) is 34.4 Å². The number of carbonyl (C=O) groups is 1. The molecule has 5 aromatic heterocycles. The lowest BCUT2D eigenvalue weighted by atomic mass is 10.0. The van der Waals surface area contributed by atoms with Crippen LogP contribution in [0.4, 0.5) is 5.82 Å². The fourth-order valence-corrected chi connectivity index (χ4v) is 5.00. The third kappa shape index (κ3) is 4.68. The number of fused-ring (bicyclic) bond motifs is 2. The van der Waals surface area contributed by atoms with Crippen LogP contribution in [0, 0.1) is 13.8 Å². The van der Waals surface area contributed by atoms with E-state index in [2.05, 4.69) is 42.2 Å². The predicted octanol–water partition coefficient (Wildman–Crippen LogP) is 4.97. The topological polar surface area (TPSA) is 111 Å². The molecule has 206 valence electrons. The maximum absolute atomic E-state index is 12.8. The van der Waals surface area contributed by atoms with Crippen molar-refractivity contribution in [1.29, 1.82) is 0 Å². The molecule has 6 aromatic rings. The summed E-state index contributed by atoms with van der Waals surface area (Å²) in [6.07, 6.45) is 5.40. The first-order valence-electron chi connectivity index (χ1n) is 13.3. The molecule has 2 N–H and O–H groups in total. The number of carbonyl (C=O) groups excluding carboxylic acids is 1. The van der Waals surface area contributed by atoms with Crippen LogP contribution in [0.25, 0.3) is 44.6 Å². The fourth-order valence-electron chi connectivity index (χ4n) is 5.00. The lowest BCUT2D eigenvalue weighted by molar-refractivity contribution is -0.117. The minimum Gasteiger partial charge on any atom is -0.480 e. The van der Waals surface area contributed by atoms with Crippen LogP contribution >= 0.6 is 0 Å². The molecule has 0 unspecified atom stereocenters. The van der Waals surface area contributed by atoms with Gasteiger partial charge >= 0.3 is 0 Å². The number of aromatic nitrogens is 6. The molecule has 10 heteroatoms. The highest BCUT2D eigenvalue weighted by molar-refractivity contribution is 5.94. The summed E-state index contributed by atoms with van der Waals surface area (Å²) < 4.78 is 9.61. The number of anilines is 1. The van der Waals surface area contributed by atoms with Crippen molar-refractivity contribution in [2.75, 3.05) is 19.5 Å². The number of nitrogens with one attached hydrogen (secondary N) is 2. The summed E-state index contributed by atoms with van der Waals surface area (Å²) in [6.45, 7) is 5.82. The number of benzene rings is 1. The Balaban J connectivity index is 1.50. The number of hydrogen-bond donors (Lipinski definition) is 2. The van der Waals surface area contributed by atoms with Gasteiger partial charge in [-0.2, -0.15) is 9.78 Å². The molecule has 0 aliphatic carbocycles. The van der Waals surface area contributed by atoms with E-state index in [9.17, 15) is 4.79 Å². The molecule has 10 nitrogen and oxygen atoms in total. The number of methoxy groups -OCH3 is 1. The average Bonchev–Trinajstić information content (AvgIpc) is 3.62. The Morgan fingerprint density at radius 1 is 1.00 bits per heavy atom. The van der Waals surface area contributed by atoms with Gasteiger partial charge in [-0.15, -0.1) is 0 Å². The van der Waals surface area contributed by atoms with Gasteiger partial charge in [0.05, 0.1) is 36.8 Å². The molecule has 0 aliphatic heterocycles. The molecule has 0 bridgehead atoms. The summed E-state index contributed by atoms with van der Waals surface area (Å²) in [7, 11) is 3.35. The fraction of sp³-hybridized carbons (Fsp3) is 0.194. The van der Waals surface area contributed by atoms with E-state index in [1.165, 1.54) is 0 Å². The van der Waals surface area contributed by atoms with Crippen LogP contribution in [-0.2, 0) is 4.79 Å².